The molecule has 34 heavy (non-hydrogen) atoms. The van der Waals surface area contributed by atoms with E-state index in [2.05, 4.69) is 26.7 Å². The summed E-state index contributed by atoms with van der Waals surface area (Å²) in [5.41, 5.74) is 9.43. The minimum atomic E-state index is -0.495. The zero-order valence-electron chi connectivity index (χ0n) is 18.0. The lowest BCUT2D eigenvalue weighted by Gasteiger charge is -2.19. The molecule has 10 heteroatoms. The highest BCUT2D eigenvalue weighted by Crippen LogP contribution is 2.31. The van der Waals surface area contributed by atoms with Gasteiger partial charge in [-0.05, 0) is 30.3 Å². The second kappa shape index (κ2) is 8.58. The topological polar surface area (TPSA) is 136 Å². The van der Waals surface area contributed by atoms with Crippen molar-refractivity contribution in [3.63, 3.8) is 0 Å². The fourth-order valence-electron chi connectivity index (χ4n) is 3.83. The summed E-state index contributed by atoms with van der Waals surface area (Å²) < 4.78 is 1.63. The molecule has 0 saturated heterocycles. The van der Waals surface area contributed by atoms with Crippen LogP contribution in [0.1, 0.15) is 10.4 Å². The fraction of sp³-hybridized carbons (Fsp3) is 0.0833. The molecular formula is C24H20N8O2. The number of aromatic nitrogens is 6. The number of nitrogen functional groups attached to an aromatic ring is 1. The Kier molecular flexibility index (Phi) is 5.30. The first-order chi connectivity index (χ1) is 16.6. The Labute approximate surface area is 193 Å². The molecule has 0 aliphatic rings. The number of H-pyrrole nitrogens is 1. The molecule has 5 rings (SSSR count). The molecule has 3 N–H and O–H groups in total. The van der Waals surface area contributed by atoms with Crippen LogP contribution < -0.4 is 5.73 Å². The van der Waals surface area contributed by atoms with Gasteiger partial charge in [0.05, 0.1) is 23.6 Å². The number of carbonyl (C=O) groups is 2. The Morgan fingerprint density at radius 2 is 1.97 bits per heavy atom. The summed E-state index contributed by atoms with van der Waals surface area (Å²) in [4.78, 5) is 35.1. The fourth-order valence-corrected chi connectivity index (χ4v) is 3.83. The van der Waals surface area contributed by atoms with Crippen molar-refractivity contribution >= 4 is 39.6 Å². The van der Waals surface area contributed by atoms with E-state index in [1.54, 1.807) is 41.2 Å². The number of nitrogens with zero attached hydrogens (tertiary/aromatic N) is 6. The first kappa shape index (κ1) is 21.0. The highest BCUT2D eigenvalue weighted by atomic mass is 16.2. The summed E-state index contributed by atoms with van der Waals surface area (Å²) >= 11 is 0. The molecular weight excluding hydrogens is 432 g/mol. The second-order valence-electron chi connectivity index (χ2n) is 7.57. The number of anilines is 1. The summed E-state index contributed by atoms with van der Waals surface area (Å²) in [5.74, 6) is -0.621. The molecule has 0 fully saturated rings. The smallest absolute Gasteiger partial charge is 0.260 e. The SMILES string of the molecule is C=CC(=O)N(CCn1nc(-c2ccc3[nH]ncc3c2)c2c(N)ncnc21)C(=O)c1ccccc1. The van der Waals surface area contributed by atoms with Crippen molar-refractivity contribution in [2.24, 2.45) is 0 Å². The van der Waals surface area contributed by atoms with E-state index in [1.165, 1.54) is 6.33 Å². The van der Waals surface area contributed by atoms with E-state index in [4.69, 9.17) is 10.8 Å². The van der Waals surface area contributed by atoms with E-state index in [-0.39, 0.29) is 18.9 Å². The highest BCUT2D eigenvalue weighted by Gasteiger charge is 2.23. The maximum absolute atomic E-state index is 13.0. The first-order valence-corrected chi connectivity index (χ1v) is 10.5. The number of hydrogen-bond acceptors (Lipinski definition) is 7. The number of aromatic amines is 1. The van der Waals surface area contributed by atoms with Gasteiger partial charge in [-0.1, -0.05) is 30.8 Å². The Balaban J connectivity index is 1.52. The highest BCUT2D eigenvalue weighted by molar-refractivity contribution is 6.07. The van der Waals surface area contributed by atoms with Gasteiger partial charge in [-0.2, -0.15) is 10.2 Å². The van der Waals surface area contributed by atoms with Crippen molar-refractivity contribution in [2.75, 3.05) is 12.3 Å². The average molecular weight is 452 g/mol. The van der Waals surface area contributed by atoms with E-state index in [9.17, 15) is 9.59 Å². The van der Waals surface area contributed by atoms with E-state index in [0.717, 1.165) is 27.4 Å². The molecule has 0 radical (unpaired) electrons. The van der Waals surface area contributed by atoms with Crippen LogP contribution in [0.5, 0.6) is 0 Å². The predicted molar refractivity (Wildman–Crippen MR) is 128 cm³/mol. The van der Waals surface area contributed by atoms with Gasteiger partial charge in [0.2, 0.25) is 0 Å². The third-order valence-corrected chi connectivity index (χ3v) is 5.51. The number of benzene rings is 2. The summed E-state index contributed by atoms with van der Waals surface area (Å²) in [6, 6.07) is 14.4. The van der Waals surface area contributed by atoms with Crippen LogP contribution in [0, 0.1) is 0 Å². The lowest BCUT2D eigenvalue weighted by Crippen LogP contribution is -2.38. The lowest BCUT2D eigenvalue weighted by atomic mass is 10.1. The summed E-state index contributed by atoms with van der Waals surface area (Å²) in [6.07, 6.45) is 4.21. The van der Waals surface area contributed by atoms with Gasteiger partial charge < -0.3 is 5.73 Å². The molecule has 168 valence electrons. The molecule has 2 amide bonds. The first-order valence-electron chi connectivity index (χ1n) is 10.5. The molecule has 0 unspecified atom stereocenters. The van der Waals surface area contributed by atoms with Gasteiger partial charge in [0, 0.05) is 23.1 Å². The van der Waals surface area contributed by atoms with E-state index in [0.29, 0.717) is 22.3 Å². The Bertz CT molecular complexity index is 1540. The Morgan fingerprint density at radius 3 is 2.76 bits per heavy atom. The molecule has 0 atom stereocenters. The predicted octanol–water partition coefficient (Wildman–Crippen LogP) is 2.81. The van der Waals surface area contributed by atoms with Crippen LogP contribution >= 0.6 is 0 Å². The molecule has 0 aliphatic heterocycles. The number of carbonyl (C=O) groups excluding carboxylic acids is 2. The third kappa shape index (κ3) is 3.66. The number of rotatable bonds is 6. The largest absolute Gasteiger partial charge is 0.383 e. The number of amides is 2. The monoisotopic (exact) mass is 452 g/mol. The average Bonchev–Trinajstić information content (AvgIpc) is 3.49. The lowest BCUT2D eigenvalue weighted by molar-refractivity contribution is -0.123. The summed E-state index contributed by atoms with van der Waals surface area (Å²) in [6.45, 7) is 3.80. The number of imide groups is 1. The standard InChI is InChI=1S/C24H20N8O2/c1-2-19(33)31(24(34)15-6-4-3-5-7-15)10-11-32-23-20(22(25)26-14-27-23)21(30-32)16-8-9-18-17(12-16)13-28-29-18/h2-9,12-14H,1,10-11H2,(H,28,29)(H2,25,26,27). The summed E-state index contributed by atoms with van der Waals surface area (Å²) in [5, 5.41) is 13.2. The Morgan fingerprint density at radius 1 is 1.15 bits per heavy atom. The van der Waals surface area contributed by atoms with Crippen molar-refractivity contribution in [2.45, 2.75) is 6.54 Å². The molecule has 0 saturated carbocycles. The Hall–Kier alpha value is -4.86. The zero-order chi connectivity index (χ0) is 23.7. The maximum atomic E-state index is 13.0. The van der Waals surface area contributed by atoms with Crippen molar-refractivity contribution < 1.29 is 9.59 Å². The van der Waals surface area contributed by atoms with E-state index >= 15 is 0 Å². The van der Waals surface area contributed by atoms with E-state index in [1.807, 2.05) is 18.2 Å². The molecule has 3 aromatic heterocycles. The van der Waals surface area contributed by atoms with Gasteiger partial charge in [-0.25, -0.2) is 14.6 Å². The number of nitrogens with two attached hydrogens (primary N) is 1. The van der Waals surface area contributed by atoms with E-state index < -0.39 is 11.8 Å². The van der Waals surface area contributed by atoms with Gasteiger partial charge in [-0.3, -0.25) is 19.6 Å². The van der Waals surface area contributed by atoms with Crippen LogP contribution in [0.3, 0.4) is 0 Å². The number of hydrogen-bond donors (Lipinski definition) is 2. The molecule has 10 nitrogen and oxygen atoms in total. The quantitative estimate of drug-likeness (QED) is 0.378. The van der Waals surface area contributed by atoms with Gasteiger partial charge in [0.15, 0.2) is 5.65 Å². The minimum absolute atomic E-state index is 0.0689. The van der Waals surface area contributed by atoms with Crippen molar-refractivity contribution in [1.29, 1.82) is 0 Å². The second-order valence-corrected chi connectivity index (χ2v) is 7.57. The van der Waals surface area contributed by atoms with Gasteiger partial charge >= 0.3 is 0 Å². The van der Waals surface area contributed by atoms with Gasteiger partial charge in [0.1, 0.15) is 17.8 Å². The van der Waals surface area contributed by atoms with Crippen LogP contribution in [0.4, 0.5) is 5.82 Å². The molecule has 3 heterocycles. The number of fused-ring (bicyclic) bond motifs is 2. The summed E-state index contributed by atoms with van der Waals surface area (Å²) in [7, 11) is 0. The van der Waals surface area contributed by atoms with Crippen molar-refractivity contribution in [3.05, 3.63) is 79.3 Å². The van der Waals surface area contributed by atoms with Crippen molar-refractivity contribution in [1.82, 2.24) is 34.8 Å². The zero-order valence-corrected chi connectivity index (χ0v) is 18.0. The minimum Gasteiger partial charge on any atom is -0.383 e. The maximum Gasteiger partial charge on any atom is 0.260 e. The number of nitrogens with one attached hydrogen (secondary N) is 1. The normalized spacial score (nSPS) is 11.1. The molecule has 0 bridgehead atoms. The van der Waals surface area contributed by atoms with Gasteiger partial charge in [-0.15, -0.1) is 0 Å². The molecule has 5 aromatic rings. The van der Waals surface area contributed by atoms with Crippen LogP contribution in [-0.4, -0.2) is 53.2 Å². The van der Waals surface area contributed by atoms with Crippen LogP contribution in [0.15, 0.2) is 73.7 Å². The van der Waals surface area contributed by atoms with Crippen LogP contribution in [-0.2, 0) is 11.3 Å². The molecule has 2 aromatic carbocycles. The van der Waals surface area contributed by atoms with Crippen LogP contribution in [0.2, 0.25) is 0 Å². The van der Waals surface area contributed by atoms with Crippen molar-refractivity contribution in [3.8, 4) is 11.3 Å². The van der Waals surface area contributed by atoms with Crippen LogP contribution in [0.25, 0.3) is 33.2 Å². The van der Waals surface area contributed by atoms with Gasteiger partial charge in [0.25, 0.3) is 11.8 Å². The third-order valence-electron chi connectivity index (χ3n) is 5.51. The molecule has 0 spiro atoms. The molecule has 0 aliphatic carbocycles.